The number of hydrogen-bond acceptors (Lipinski definition) is 7. The van der Waals surface area contributed by atoms with Gasteiger partial charge in [0.05, 0.1) is 6.61 Å². The maximum absolute atomic E-state index is 12.9. The van der Waals surface area contributed by atoms with E-state index in [9.17, 15) is 19.5 Å². The quantitative estimate of drug-likeness (QED) is 0.0559. The molecule has 3 rings (SSSR count). The first-order valence-electron chi connectivity index (χ1n) is 21.1. The van der Waals surface area contributed by atoms with Crippen LogP contribution < -0.4 is 5.32 Å². The number of unbranched alkanes of at least 4 members (excludes halogenated alkanes) is 17. The van der Waals surface area contributed by atoms with Crippen molar-refractivity contribution in [3.05, 3.63) is 59.7 Å². The van der Waals surface area contributed by atoms with E-state index in [1.165, 1.54) is 102 Å². The molecule has 0 heterocycles. The molecule has 0 fully saturated rings. The van der Waals surface area contributed by atoms with Crippen LogP contribution in [0.15, 0.2) is 48.5 Å². The van der Waals surface area contributed by atoms with Crippen LogP contribution in [0.4, 0.5) is 4.79 Å². The summed E-state index contributed by atoms with van der Waals surface area (Å²) in [5.74, 6) is -1.03. The van der Waals surface area contributed by atoms with Gasteiger partial charge in [-0.2, -0.15) is 11.8 Å². The fourth-order valence-electron chi connectivity index (χ4n) is 7.12. The minimum Gasteiger partial charge on any atom is -0.480 e. The van der Waals surface area contributed by atoms with Gasteiger partial charge in [0.2, 0.25) is 0 Å². The van der Waals surface area contributed by atoms with Crippen LogP contribution in [0.5, 0.6) is 0 Å². The van der Waals surface area contributed by atoms with Crippen LogP contribution in [0.3, 0.4) is 0 Å². The van der Waals surface area contributed by atoms with Gasteiger partial charge in [-0.1, -0.05) is 172 Å². The Morgan fingerprint density at radius 2 is 1.19 bits per heavy atom. The van der Waals surface area contributed by atoms with E-state index in [1.54, 1.807) is 0 Å². The number of carboxylic acids is 1. The lowest BCUT2D eigenvalue weighted by Crippen LogP contribution is -2.43. The number of alkyl carbamates (subject to hydrolysis) is 1. The summed E-state index contributed by atoms with van der Waals surface area (Å²) in [6.07, 6.45) is 22.2. The molecule has 0 saturated carbocycles. The SMILES string of the molecule is CCCCCCCCCCCCOC[C@@H](CSC[C@H](NC(=O)OCC1c2ccccc2-c2ccccc21)C(=O)O)OC(=O)CCCCCCCCCCC. The van der Waals surface area contributed by atoms with Crippen molar-refractivity contribution in [3.63, 3.8) is 0 Å². The number of carbonyl (C=O) groups excluding carboxylic acids is 2. The number of nitrogens with one attached hydrogen (secondary N) is 1. The second-order valence-electron chi connectivity index (χ2n) is 14.8. The number of esters is 1. The molecule has 2 atom stereocenters. The summed E-state index contributed by atoms with van der Waals surface area (Å²) in [6, 6.07) is 15.0. The first-order chi connectivity index (χ1) is 26.4. The Morgan fingerprint density at radius 1 is 0.685 bits per heavy atom. The lowest BCUT2D eigenvalue weighted by molar-refractivity contribution is -0.151. The summed E-state index contributed by atoms with van der Waals surface area (Å²) >= 11 is 1.33. The molecule has 0 aliphatic heterocycles. The molecule has 1 amide bonds. The summed E-state index contributed by atoms with van der Waals surface area (Å²) in [6.45, 7) is 5.45. The molecule has 0 saturated heterocycles. The Labute approximate surface area is 330 Å². The Morgan fingerprint density at radius 3 is 1.72 bits per heavy atom. The predicted molar refractivity (Wildman–Crippen MR) is 221 cm³/mol. The molecular weight excluding hydrogens is 699 g/mol. The maximum atomic E-state index is 12.9. The number of rotatable bonds is 32. The second kappa shape index (κ2) is 28.4. The van der Waals surface area contributed by atoms with Crippen molar-refractivity contribution in [1.29, 1.82) is 0 Å². The monoisotopic (exact) mass is 767 g/mol. The van der Waals surface area contributed by atoms with Gasteiger partial charge in [0, 0.05) is 30.5 Å². The van der Waals surface area contributed by atoms with E-state index in [1.807, 2.05) is 36.4 Å². The Bertz CT molecular complexity index is 1290. The normalized spacial score (nSPS) is 13.2. The molecule has 1 aliphatic carbocycles. The molecule has 0 bridgehead atoms. The third-order valence-electron chi connectivity index (χ3n) is 10.3. The van der Waals surface area contributed by atoms with E-state index in [-0.39, 0.29) is 30.9 Å². The summed E-state index contributed by atoms with van der Waals surface area (Å²) in [4.78, 5) is 37.8. The molecule has 0 radical (unpaired) electrons. The van der Waals surface area contributed by atoms with Crippen molar-refractivity contribution in [2.75, 3.05) is 31.3 Å². The van der Waals surface area contributed by atoms with Gasteiger partial charge < -0.3 is 24.6 Å². The molecule has 2 aromatic carbocycles. The first kappa shape index (κ1) is 45.4. The highest BCUT2D eigenvalue weighted by Gasteiger charge is 2.30. The lowest BCUT2D eigenvalue weighted by atomic mass is 9.98. The highest BCUT2D eigenvalue weighted by molar-refractivity contribution is 7.99. The van der Waals surface area contributed by atoms with Gasteiger partial charge in [-0.15, -0.1) is 0 Å². The third kappa shape index (κ3) is 18.1. The zero-order chi connectivity index (χ0) is 38.6. The molecule has 54 heavy (non-hydrogen) atoms. The zero-order valence-electron chi connectivity index (χ0n) is 33.3. The van der Waals surface area contributed by atoms with Crippen LogP contribution >= 0.6 is 11.8 Å². The van der Waals surface area contributed by atoms with Crippen LogP contribution in [0.2, 0.25) is 0 Å². The van der Waals surface area contributed by atoms with Gasteiger partial charge in [0.15, 0.2) is 0 Å². The number of fused-ring (bicyclic) bond motifs is 3. The molecule has 1 aliphatic rings. The highest BCUT2D eigenvalue weighted by atomic mass is 32.2. The number of benzene rings is 2. The number of thioether (sulfide) groups is 1. The van der Waals surface area contributed by atoms with Gasteiger partial charge in [-0.3, -0.25) is 4.79 Å². The summed E-state index contributed by atoms with van der Waals surface area (Å²) < 4.78 is 17.4. The van der Waals surface area contributed by atoms with Crippen LogP contribution in [0, 0.1) is 0 Å². The number of aliphatic carboxylic acids is 1. The summed E-state index contributed by atoms with van der Waals surface area (Å²) in [7, 11) is 0. The molecule has 9 heteroatoms. The highest BCUT2D eigenvalue weighted by Crippen LogP contribution is 2.44. The Kier molecular flexibility index (Phi) is 23.8. The zero-order valence-corrected chi connectivity index (χ0v) is 34.1. The minimum atomic E-state index is -1.16. The van der Waals surface area contributed by atoms with Gasteiger partial charge in [-0.05, 0) is 35.1 Å². The summed E-state index contributed by atoms with van der Waals surface area (Å²) in [5, 5.41) is 12.5. The van der Waals surface area contributed by atoms with Gasteiger partial charge in [0.25, 0.3) is 0 Å². The van der Waals surface area contributed by atoms with Gasteiger partial charge in [0.1, 0.15) is 18.8 Å². The average molecular weight is 768 g/mol. The number of hydrogen-bond donors (Lipinski definition) is 2. The summed E-state index contributed by atoms with van der Waals surface area (Å²) in [5.41, 5.74) is 4.42. The van der Waals surface area contributed by atoms with E-state index in [0.717, 1.165) is 54.4 Å². The lowest BCUT2D eigenvalue weighted by Gasteiger charge is -2.20. The smallest absolute Gasteiger partial charge is 0.407 e. The molecule has 2 N–H and O–H groups in total. The Balaban J connectivity index is 1.41. The molecular formula is C45H69NO7S. The van der Waals surface area contributed by atoms with E-state index >= 15 is 0 Å². The van der Waals surface area contributed by atoms with Gasteiger partial charge >= 0.3 is 18.0 Å². The first-order valence-corrected chi connectivity index (χ1v) is 22.3. The van der Waals surface area contributed by atoms with Crippen LogP contribution in [0.25, 0.3) is 11.1 Å². The van der Waals surface area contributed by atoms with Crippen molar-refractivity contribution in [2.24, 2.45) is 0 Å². The van der Waals surface area contributed by atoms with E-state index < -0.39 is 24.2 Å². The van der Waals surface area contributed by atoms with Gasteiger partial charge in [-0.25, -0.2) is 9.59 Å². The average Bonchev–Trinajstić information content (AvgIpc) is 3.49. The van der Waals surface area contributed by atoms with Crippen LogP contribution in [-0.2, 0) is 23.8 Å². The second-order valence-corrected chi connectivity index (χ2v) is 15.9. The Hall–Kier alpha value is -3.04. The largest absolute Gasteiger partial charge is 0.480 e. The molecule has 8 nitrogen and oxygen atoms in total. The molecule has 0 aromatic heterocycles. The fourth-order valence-corrected chi connectivity index (χ4v) is 8.15. The predicted octanol–water partition coefficient (Wildman–Crippen LogP) is 11.5. The maximum Gasteiger partial charge on any atom is 0.407 e. The number of carbonyl (C=O) groups is 3. The van der Waals surface area contributed by atoms with E-state index in [0.29, 0.717) is 18.8 Å². The molecule has 0 unspecified atom stereocenters. The third-order valence-corrected chi connectivity index (χ3v) is 11.4. The minimum absolute atomic E-state index is 0.101. The van der Waals surface area contributed by atoms with E-state index in [2.05, 4.69) is 31.3 Å². The van der Waals surface area contributed by atoms with Crippen molar-refractivity contribution >= 4 is 29.8 Å². The van der Waals surface area contributed by atoms with Crippen molar-refractivity contribution < 1.29 is 33.7 Å². The number of carboxylic acid groups (broad SMARTS) is 1. The van der Waals surface area contributed by atoms with Crippen LogP contribution in [-0.4, -0.2) is 66.6 Å². The topological polar surface area (TPSA) is 111 Å². The van der Waals surface area contributed by atoms with E-state index in [4.69, 9.17) is 14.2 Å². The molecule has 0 spiro atoms. The number of amides is 1. The van der Waals surface area contributed by atoms with Crippen molar-refractivity contribution in [1.82, 2.24) is 5.32 Å². The standard InChI is InChI=1S/C45H69NO7S/c1-3-5-7-9-11-13-15-17-19-25-31-51-32-36(53-43(47)30-20-18-16-14-12-10-8-6-4-2)34-54-35-42(44(48)49)46-45(50)52-33-41-39-28-23-21-26-37(39)38-27-22-24-29-40(38)41/h21-24,26-29,36,41-42H,3-20,25,30-35H2,1-2H3,(H,46,50)(H,48,49)/t36-,42-/m0/s1. The van der Waals surface area contributed by atoms with Crippen molar-refractivity contribution in [3.8, 4) is 11.1 Å². The van der Waals surface area contributed by atoms with Crippen molar-refractivity contribution in [2.45, 2.75) is 160 Å². The van der Waals surface area contributed by atoms with Crippen LogP contribution in [0.1, 0.15) is 159 Å². The number of ether oxygens (including phenoxy) is 3. The molecule has 2 aromatic rings. The fraction of sp³-hybridized carbons (Fsp3) is 0.667. The molecule has 302 valence electrons.